The van der Waals surface area contributed by atoms with Crippen LogP contribution in [0.2, 0.25) is 0 Å². The monoisotopic (exact) mass is 422 g/mol. The highest BCUT2D eigenvalue weighted by Crippen LogP contribution is 2.42. The smallest absolute Gasteiger partial charge is 0.330 e. The van der Waals surface area contributed by atoms with E-state index in [0.29, 0.717) is 23.3 Å². The first-order valence-electron chi connectivity index (χ1n) is 10.2. The maximum absolute atomic E-state index is 12.8. The molecule has 29 heavy (non-hydrogen) atoms. The fraction of sp³-hybridized carbons (Fsp3) is 0.667. The van der Waals surface area contributed by atoms with Crippen molar-refractivity contribution in [2.45, 2.75) is 70.5 Å². The molecule has 0 spiro atoms. The quantitative estimate of drug-likeness (QED) is 0.734. The van der Waals surface area contributed by atoms with Gasteiger partial charge in [0.25, 0.3) is 5.91 Å². The second-order valence-corrected chi connectivity index (χ2v) is 9.22. The Morgan fingerprint density at radius 3 is 2.72 bits per heavy atom. The molecular formula is C21H30N2O5S. The number of furan rings is 1. The highest BCUT2D eigenvalue weighted by molar-refractivity contribution is 7.99. The van der Waals surface area contributed by atoms with E-state index in [9.17, 15) is 14.4 Å². The predicted octanol–water partition coefficient (Wildman–Crippen LogP) is 3.11. The van der Waals surface area contributed by atoms with E-state index in [-0.39, 0.29) is 23.2 Å². The molecule has 6 atom stereocenters. The van der Waals surface area contributed by atoms with Gasteiger partial charge in [-0.15, -0.1) is 11.8 Å². The molecule has 0 aromatic carbocycles. The van der Waals surface area contributed by atoms with Crippen molar-refractivity contribution in [3.63, 3.8) is 0 Å². The number of hydrogen-bond acceptors (Lipinski definition) is 6. The molecular weight excluding hydrogens is 392 g/mol. The molecule has 2 amide bonds. The van der Waals surface area contributed by atoms with Crippen molar-refractivity contribution in [2.24, 2.45) is 11.8 Å². The summed E-state index contributed by atoms with van der Waals surface area (Å²) in [6, 6.07) is 2.89. The maximum atomic E-state index is 12.8. The van der Waals surface area contributed by atoms with E-state index in [1.54, 1.807) is 25.3 Å². The number of esters is 1. The lowest BCUT2D eigenvalue weighted by Crippen LogP contribution is -2.49. The summed E-state index contributed by atoms with van der Waals surface area (Å²) in [5, 5.41) is 2.68. The number of nitrogens with zero attached hydrogens (tertiary/aromatic N) is 1. The first-order valence-corrected chi connectivity index (χ1v) is 11.3. The van der Waals surface area contributed by atoms with Crippen LogP contribution in [-0.4, -0.2) is 46.6 Å². The van der Waals surface area contributed by atoms with Crippen LogP contribution in [0.25, 0.3) is 0 Å². The first-order chi connectivity index (χ1) is 13.8. The van der Waals surface area contributed by atoms with Crippen LogP contribution in [0.1, 0.15) is 58.1 Å². The van der Waals surface area contributed by atoms with Gasteiger partial charge < -0.3 is 19.4 Å². The van der Waals surface area contributed by atoms with Crippen molar-refractivity contribution in [1.82, 2.24) is 10.2 Å². The molecule has 2 heterocycles. The van der Waals surface area contributed by atoms with E-state index >= 15 is 0 Å². The van der Waals surface area contributed by atoms with Gasteiger partial charge in [0, 0.05) is 18.7 Å². The Balaban J connectivity index is 1.60. The molecule has 1 saturated heterocycles. The molecule has 7 nitrogen and oxygen atoms in total. The van der Waals surface area contributed by atoms with Crippen LogP contribution in [0, 0.1) is 11.8 Å². The third-order valence-corrected chi connectivity index (χ3v) is 7.40. The summed E-state index contributed by atoms with van der Waals surface area (Å²) < 4.78 is 10.9. The molecule has 3 rings (SSSR count). The van der Waals surface area contributed by atoms with Gasteiger partial charge in [-0.05, 0) is 37.3 Å². The molecule has 1 N–H and O–H groups in total. The Labute approximate surface area is 175 Å². The van der Waals surface area contributed by atoms with Crippen LogP contribution in [-0.2, 0) is 19.1 Å². The van der Waals surface area contributed by atoms with Gasteiger partial charge in [-0.1, -0.05) is 26.7 Å². The summed E-state index contributed by atoms with van der Waals surface area (Å²) >= 11 is 1.45. The van der Waals surface area contributed by atoms with Gasteiger partial charge in [-0.2, -0.15) is 0 Å². The number of hydrogen-bond donors (Lipinski definition) is 1. The van der Waals surface area contributed by atoms with E-state index in [2.05, 4.69) is 19.2 Å². The van der Waals surface area contributed by atoms with Crippen LogP contribution in [0.5, 0.6) is 0 Å². The Morgan fingerprint density at radius 1 is 1.31 bits per heavy atom. The third kappa shape index (κ3) is 4.79. The Bertz CT molecular complexity index is 737. The van der Waals surface area contributed by atoms with E-state index in [0.717, 1.165) is 12.8 Å². The molecule has 0 unspecified atom stereocenters. The minimum atomic E-state index is -0.909. The van der Waals surface area contributed by atoms with E-state index < -0.39 is 18.1 Å². The fourth-order valence-corrected chi connectivity index (χ4v) is 5.53. The van der Waals surface area contributed by atoms with Crippen molar-refractivity contribution >= 4 is 29.5 Å². The van der Waals surface area contributed by atoms with Crippen LogP contribution in [0.4, 0.5) is 0 Å². The predicted molar refractivity (Wildman–Crippen MR) is 110 cm³/mol. The minimum Gasteiger partial charge on any atom is -0.466 e. The number of rotatable bonds is 5. The molecule has 2 fully saturated rings. The Kier molecular flexibility index (Phi) is 6.93. The van der Waals surface area contributed by atoms with Crippen LogP contribution < -0.4 is 5.32 Å². The van der Waals surface area contributed by atoms with Crippen molar-refractivity contribution < 1.29 is 23.5 Å². The molecule has 160 valence electrons. The van der Waals surface area contributed by atoms with E-state index in [4.69, 9.17) is 9.15 Å². The molecule has 1 saturated carbocycles. The van der Waals surface area contributed by atoms with Gasteiger partial charge in [-0.3, -0.25) is 9.59 Å². The lowest BCUT2D eigenvalue weighted by atomic mass is 9.78. The van der Waals surface area contributed by atoms with Crippen molar-refractivity contribution in [3.8, 4) is 0 Å². The Hall–Kier alpha value is -1.96. The van der Waals surface area contributed by atoms with Gasteiger partial charge in [0.1, 0.15) is 17.2 Å². The molecule has 1 aromatic heterocycles. The topological polar surface area (TPSA) is 88.8 Å². The molecule has 1 aliphatic heterocycles. The molecule has 2 aliphatic rings. The number of ether oxygens (including phenoxy) is 1. The summed E-state index contributed by atoms with van der Waals surface area (Å²) in [6.07, 6.45) is 3.84. The van der Waals surface area contributed by atoms with Gasteiger partial charge >= 0.3 is 5.97 Å². The standard InChI is InChI=1S/C21H30N2O5S/c1-12-7-5-8-16(13(12)2)22-19(25)14(3)28-21(26)17-11-29-20(23(17)15(4)24)18-9-6-10-27-18/h6,9-10,12-14,16-17,20H,5,7-8,11H2,1-4H3,(H,22,25)/t12-,13+,14+,16+,17-,20+/m0/s1. The second kappa shape index (κ2) is 9.24. The van der Waals surface area contributed by atoms with Crippen molar-refractivity contribution in [3.05, 3.63) is 24.2 Å². The van der Waals surface area contributed by atoms with Crippen molar-refractivity contribution in [2.75, 3.05) is 5.75 Å². The van der Waals surface area contributed by atoms with Crippen LogP contribution in [0.3, 0.4) is 0 Å². The second-order valence-electron chi connectivity index (χ2n) is 8.10. The van der Waals surface area contributed by atoms with Crippen LogP contribution in [0.15, 0.2) is 22.8 Å². The van der Waals surface area contributed by atoms with Gasteiger partial charge in [0.05, 0.1) is 6.26 Å². The zero-order chi connectivity index (χ0) is 21.1. The zero-order valence-corrected chi connectivity index (χ0v) is 18.2. The number of amides is 2. The SMILES string of the molecule is CC(=O)N1[C@@H](c2ccco2)SC[C@H]1C(=O)O[C@H](C)C(=O)N[C@@H]1CCC[C@H](C)[C@H]1C. The largest absolute Gasteiger partial charge is 0.466 e. The molecule has 1 aliphatic carbocycles. The maximum Gasteiger partial charge on any atom is 0.330 e. The summed E-state index contributed by atoms with van der Waals surface area (Å²) in [5.74, 6) is 0.887. The normalized spacial score (nSPS) is 30.6. The number of carbonyl (C=O) groups excluding carboxylic acids is 3. The van der Waals surface area contributed by atoms with Crippen molar-refractivity contribution in [1.29, 1.82) is 0 Å². The molecule has 0 bridgehead atoms. The van der Waals surface area contributed by atoms with Gasteiger partial charge in [0.2, 0.25) is 5.91 Å². The van der Waals surface area contributed by atoms with E-state index in [1.807, 2.05) is 0 Å². The number of thioether (sulfide) groups is 1. The van der Waals surface area contributed by atoms with E-state index in [1.165, 1.54) is 30.0 Å². The first kappa shape index (κ1) is 21.7. The highest BCUT2D eigenvalue weighted by atomic mass is 32.2. The van der Waals surface area contributed by atoms with Gasteiger partial charge in [-0.25, -0.2) is 4.79 Å². The summed E-state index contributed by atoms with van der Waals surface area (Å²) in [4.78, 5) is 39.0. The lowest BCUT2D eigenvalue weighted by Gasteiger charge is -2.35. The molecule has 0 radical (unpaired) electrons. The Morgan fingerprint density at radius 2 is 2.07 bits per heavy atom. The van der Waals surface area contributed by atoms with Crippen LogP contribution >= 0.6 is 11.8 Å². The summed E-state index contributed by atoms with van der Waals surface area (Å²) in [7, 11) is 0. The lowest BCUT2D eigenvalue weighted by molar-refractivity contribution is -0.161. The third-order valence-electron chi connectivity index (χ3n) is 6.12. The number of nitrogens with one attached hydrogen (secondary N) is 1. The molecule has 8 heteroatoms. The zero-order valence-electron chi connectivity index (χ0n) is 17.4. The summed E-state index contributed by atoms with van der Waals surface area (Å²) in [6.45, 7) is 7.36. The number of carbonyl (C=O) groups is 3. The summed E-state index contributed by atoms with van der Waals surface area (Å²) in [5.41, 5.74) is 0. The highest BCUT2D eigenvalue weighted by Gasteiger charge is 2.44. The fourth-order valence-electron chi connectivity index (χ4n) is 4.12. The molecule has 1 aromatic rings. The van der Waals surface area contributed by atoms with Gasteiger partial charge in [0.15, 0.2) is 6.10 Å². The average molecular weight is 423 g/mol. The minimum absolute atomic E-state index is 0.103. The average Bonchev–Trinajstić information content (AvgIpc) is 3.34.